The molecule has 2 aromatic rings. The van der Waals surface area contributed by atoms with Crippen LogP contribution in [-0.2, 0) is 14.4 Å². The van der Waals surface area contributed by atoms with Crippen LogP contribution in [0.4, 0.5) is 5.69 Å². The summed E-state index contributed by atoms with van der Waals surface area (Å²) in [6.07, 6.45) is 1.85. The van der Waals surface area contributed by atoms with E-state index in [0.717, 1.165) is 4.90 Å². The number of carbonyl (C=O) groups is 4. The van der Waals surface area contributed by atoms with E-state index in [9.17, 15) is 19.2 Å². The lowest BCUT2D eigenvalue weighted by Gasteiger charge is -2.40. The zero-order valence-corrected chi connectivity index (χ0v) is 17.4. The lowest BCUT2D eigenvalue weighted by Crippen LogP contribution is -2.55. The van der Waals surface area contributed by atoms with Crippen LogP contribution in [0.15, 0.2) is 47.1 Å². The number of benzene rings is 1. The molecule has 8 nitrogen and oxygen atoms in total. The summed E-state index contributed by atoms with van der Waals surface area (Å²) in [7, 11) is 0. The number of hydrogen-bond acceptors (Lipinski definition) is 6. The zero-order chi connectivity index (χ0) is 22.1. The maximum Gasteiger partial charge on any atom is 0.308 e. The molecule has 8 heteroatoms. The summed E-state index contributed by atoms with van der Waals surface area (Å²) in [6, 6.07) is 8.26. The molecule has 1 atom stereocenters. The Balaban J connectivity index is 1.92. The minimum Gasteiger partial charge on any atom is -0.459 e. The first kappa shape index (κ1) is 21.3. The summed E-state index contributed by atoms with van der Waals surface area (Å²) < 4.78 is 10.2. The molecule has 1 aliphatic rings. The summed E-state index contributed by atoms with van der Waals surface area (Å²) in [5, 5.41) is 0. The molecule has 0 bridgehead atoms. The van der Waals surface area contributed by atoms with Crippen LogP contribution in [0.5, 0.6) is 5.75 Å². The van der Waals surface area contributed by atoms with Crippen LogP contribution in [0.2, 0.25) is 0 Å². The molecule has 0 radical (unpaired) electrons. The summed E-state index contributed by atoms with van der Waals surface area (Å²) >= 11 is 0. The quantitative estimate of drug-likeness (QED) is 0.411. The van der Waals surface area contributed by atoms with Crippen molar-refractivity contribution in [2.75, 3.05) is 4.90 Å². The second-order valence-corrected chi connectivity index (χ2v) is 7.69. The highest BCUT2D eigenvalue weighted by molar-refractivity contribution is 6.23. The molecule has 1 fully saturated rings. The number of rotatable bonds is 6. The molecule has 1 unspecified atom stereocenters. The van der Waals surface area contributed by atoms with Crippen LogP contribution in [0.3, 0.4) is 0 Å². The van der Waals surface area contributed by atoms with Gasteiger partial charge in [0.25, 0.3) is 11.8 Å². The monoisotopic (exact) mass is 412 g/mol. The number of imide groups is 1. The van der Waals surface area contributed by atoms with E-state index in [-0.39, 0.29) is 12.2 Å². The second-order valence-electron chi connectivity index (χ2n) is 7.69. The number of nitrogens with zero attached hydrogens (tertiary/aromatic N) is 2. The number of hydrogen-bond donors (Lipinski definition) is 0. The van der Waals surface area contributed by atoms with Gasteiger partial charge in [0.05, 0.1) is 18.4 Å². The van der Waals surface area contributed by atoms with Gasteiger partial charge in [-0.1, -0.05) is 6.92 Å². The molecule has 1 aromatic carbocycles. The van der Waals surface area contributed by atoms with Gasteiger partial charge < -0.3 is 14.1 Å². The van der Waals surface area contributed by atoms with Crippen LogP contribution in [0, 0.1) is 0 Å². The molecule has 0 saturated carbocycles. The fraction of sp³-hybridized carbons (Fsp3) is 0.364. The zero-order valence-electron chi connectivity index (χ0n) is 17.4. The van der Waals surface area contributed by atoms with Gasteiger partial charge in [-0.25, -0.2) is 4.90 Å². The Bertz CT molecular complexity index is 962. The van der Waals surface area contributed by atoms with Crippen LogP contribution in [-0.4, -0.2) is 40.2 Å². The molecule has 0 aliphatic carbocycles. The molecule has 0 spiro atoms. The van der Waals surface area contributed by atoms with Gasteiger partial charge in [0.2, 0.25) is 5.91 Å². The fourth-order valence-corrected chi connectivity index (χ4v) is 3.45. The largest absolute Gasteiger partial charge is 0.459 e. The molecule has 3 amide bonds. The topological polar surface area (TPSA) is 97.1 Å². The third kappa shape index (κ3) is 3.98. The summed E-state index contributed by atoms with van der Waals surface area (Å²) in [5.41, 5.74) is -0.331. The molecule has 30 heavy (non-hydrogen) atoms. The molecule has 158 valence electrons. The number of ether oxygens (including phenoxy) is 1. The van der Waals surface area contributed by atoms with Gasteiger partial charge in [0, 0.05) is 12.5 Å². The highest BCUT2D eigenvalue weighted by Crippen LogP contribution is 2.33. The highest BCUT2D eigenvalue weighted by Gasteiger charge is 2.48. The van der Waals surface area contributed by atoms with Crippen LogP contribution >= 0.6 is 0 Å². The van der Waals surface area contributed by atoms with Crippen LogP contribution in [0.25, 0.3) is 0 Å². The number of esters is 1. The molecule has 2 heterocycles. The first-order valence-electron chi connectivity index (χ1n) is 9.68. The summed E-state index contributed by atoms with van der Waals surface area (Å²) in [4.78, 5) is 52.7. The van der Waals surface area contributed by atoms with Crippen molar-refractivity contribution in [2.24, 2.45) is 0 Å². The summed E-state index contributed by atoms with van der Waals surface area (Å²) in [6.45, 7) is 6.89. The van der Waals surface area contributed by atoms with E-state index in [2.05, 4.69) is 0 Å². The Kier molecular flexibility index (Phi) is 5.78. The van der Waals surface area contributed by atoms with Gasteiger partial charge >= 0.3 is 5.97 Å². The fourth-order valence-electron chi connectivity index (χ4n) is 3.45. The maximum absolute atomic E-state index is 13.3. The molecule has 0 N–H and O–H groups in total. The Morgan fingerprint density at radius 2 is 1.87 bits per heavy atom. The number of carbonyl (C=O) groups excluding carboxylic acids is 4. The van der Waals surface area contributed by atoms with Crippen molar-refractivity contribution in [3.05, 3.63) is 48.4 Å². The third-order valence-electron chi connectivity index (χ3n) is 5.26. The van der Waals surface area contributed by atoms with E-state index in [1.807, 2.05) is 20.8 Å². The Hall–Kier alpha value is -3.42. The van der Waals surface area contributed by atoms with E-state index in [4.69, 9.17) is 9.15 Å². The molecule has 1 aliphatic heterocycles. The van der Waals surface area contributed by atoms with Crippen molar-refractivity contribution < 1.29 is 28.3 Å². The molecule has 1 saturated heterocycles. The van der Waals surface area contributed by atoms with Gasteiger partial charge in [0.15, 0.2) is 5.76 Å². The number of anilines is 1. The van der Waals surface area contributed by atoms with Gasteiger partial charge in [0.1, 0.15) is 11.8 Å². The normalized spacial score (nSPS) is 16.7. The lowest BCUT2D eigenvalue weighted by molar-refractivity contribution is -0.132. The first-order valence-corrected chi connectivity index (χ1v) is 9.68. The second kappa shape index (κ2) is 8.14. The molecule has 1 aromatic heterocycles. The molecular weight excluding hydrogens is 388 g/mol. The van der Waals surface area contributed by atoms with E-state index in [0.29, 0.717) is 17.9 Å². The van der Waals surface area contributed by atoms with Crippen LogP contribution < -0.4 is 9.64 Å². The van der Waals surface area contributed by atoms with Gasteiger partial charge in [-0.3, -0.25) is 19.2 Å². The number of furan rings is 1. The number of amides is 3. The van der Waals surface area contributed by atoms with Crippen molar-refractivity contribution in [3.63, 3.8) is 0 Å². The molecule has 3 rings (SSSR count). The average Bonchev–Trinajstić information content (AvgIpc) is 3.31. The van der Waals surface area contributed by atoms with Crippen molar-refractivity contribution in [3.8, 4) is 5.75 Å². The predicted molar refractivity (Wildman–Crippen MR) is 108 cm³/mol. The van der Waals surface area contributed by atoms with Crippen molar-refractivity contribution in [2.45, 2.75) is 52.1 Å². The Morgan fingerprint density at radius 3 is 2.40 bits per heavy atom. The average molecular weight is 412 g/mol. The minimum absolute atomic E-state index is 0.112. The van der Waals surface area contributed by atoms with Crippen molar-refractivity contribution in [1.29, 1.82) is 0 Å². The van der Waals surface area contributed by atoms with E-state index in [1.54, 1.807) is 6.07 Å². The summed E-state index contributed by atoms with van der Waals surface area (Å²) in [5.74, 6) is -1.38. The van der Waals surface area contributed by atoms with Crippen molar-refractivity contribution >= 4 is 29.4 Å². The maximum atomic E-state index is 13.3. The van der Waals surface area contributed by atoms with Gasteiger partial charge in [-0.15, -0.1) is 0 Å². The first-order chi connectivity index (χ1) is 14.2. The Morgan fingerprint density at radius 1 is 1.20 bits per heavy atom. The predicted octanol–water partition coefficient (Wildman–Crippen LogP) is 3.17. The SMILES string of the molecule is CCC(C)(C)N(C(=O)c1ccco1)C1CC(=O)N(c2ccc(OC(C)=O)cc2)C1=O. The smallest absolute Gasteiger partial charge is 0.308 e. The lowest BCUT2D eigenvalue weighted by atomic mass is 9.95. The van der Waals surface area contributed by atoms with Crippen LogP contribution in [0.1, 0.15) is 51.1 Å². The molecular formula is C22H24N2O6. The third-order valence-corrected chi connectivity index (χ3v) is 5.26. The van der Waals surface area contributed by atoms with Gasteiger partial charge in [-0.05, 0) is 56.7 Å². The van der Waals surface area contributed by atoms with E-state index in [1.165, 1.54) is 48.4 Å². The van der Waals surface area contributed by atoms with E-state index >= 15 is 0 Å². The van der Waals surface area contributed by atoms with Gasteiger partial charge in [-0.2, -0.15) is 0 Å². The minimum atomic E-state index is -0.946. The Labute approximate surface area is 174 Å². The van der Waals surface area contributed by atoms with E-state index < -0.39 is 35.3 Å². The highest BCUT2D eigenvalue weighted by atomic mass is 16.5. The van der Waals surface area contributed by atoms with Crippen molar-refractivity contribution in [1.82, 2.24) is 4.90 Å². The standard InChI is InChI=1S/C22H24N2O6/c1-5-22(3,4)24(21(28)18-7-6-12-29-18)17-13-19(26)23(20(17)27)15-8-10-16(11-9-15)30-14(2)25/h6-12,17H,5,13H2,1-4H3.